The van der Waals surface area contributed by atoms with Crippen molar-refractivity contribution in [2.45, 2.75) is 53.5 Å². The number of anilines is 1. The highest BCUT2D eigenvalue weighted by Gasteiger charge is 2.35. The molecule has 2 heterocycles. The zero-order valence-electron chi connectivity index (χ0n) is 20.1. The first kappa shape index (κ1) is 21.4. The van der Waals surface area contributed by atoms with Crippen molar-refractivity contribution in [2.24, 2.45) is 0 Å². The Morgan fingerprint density at radius 3 is 2.27 bits per heavy atom. The van der Waals surface area contributed by atoms with Crippen LogP contribution in [0.1, 0.15) is 51.5 Å². The fourth-order valence-corrected chi connectivity index (χ4v) is 5.12. The number of hydrogen-bond acceptors (Lipinski definition) is 2. The van der Waals surface area contributed by atoms with Gasteiger partial charge in [0.15, 0.2) is 0 Å². The summed E-state index contributed by atoms with van der Waals surface area (Å²) in [4.78, 5) is 20.0. The summed E-state index contributed by atoms with van der Waals surface area (Å²) in [6.07, 6.45) is 0.488. The van der Waals surface area contributed by atoms with Gasteiger partial charge in [-0.05, 0) is 86.7 Å². The number of fused-ring (bicyclic) bond motifs is 1. The lowest BCUT2D eigenvalue weighted by atomic mass is 9.94. The van der Waals surface area contributed by atoms with E-state index in [4.69, 9.17) is 4.98 Å². The van der Waals surface area contributed by atoms with E-state index in [9.17, 15) is 4.79 Å². The molecule has 0 spiro atoms. The molecule has 4 heteroatoms. The summed E-state index contributed by atoms with van der Waals surface area (Å²) < 4.78 is 2.35. The third-order valence-electron chi connectivity index (χ3n) is 7.36. The van der Waals surface area contributed by atoms with Crippen LogP contribution in [0.3, 0.4) is 0 Å². The summed E-state index contributed by atoms with van der Waals surface area (Å²) in [6.45, 7) is 12.3. The van der Waals surface area contributed by atoms with Crippen molar-refractivity contribution in [2.75, 3.05) is 11.4 Å². The van der Waals surface area contributed by atoms with Crippen LogP contribution in [0.15, 0.2) is 54.6 Å². The quantitative estimate of drug-likeness (QED) is 0.384. The number of rotatable bonds is 4. The topological polar surface area (TPSA) is 38.1 Å². The van der Waals surface area contributed by atoms with Gasteiger partial charge in [0.05, 0.1) is 11.0 Å². The molecule has 0 N–H and O–H groups in total. The largest absolute Gasteiger partial charge is 0.323 e. The van der Waals surface area contributed by atoms with Crippen LogP contribution in [-0.2, 0) is 11.3 Å². The second-order valence-electron chi connectivity index (χ2n) is 9.52. The Labute approximate surface area is 195 Å². The van der Waals surface area contributed by atoms with Gasteiger partial charge in [0.25, 0.3) is 0 Å². The Hall–Kier alpha value is -3.40. The molecule has 1 fully saturated rings. The highest BCUT2D eigenvalue weighted by atomic mass is 16.2. The van der Waals surface area contributed by atoms with E-state index in [-0.39, 0.29) is 11.8 Å². The third kappa shape index (κ3) is 3.74. The van der Waals surface area contributed by atoms with Gasteiger partial charge >= 0.3 is 0 Å². The molecular weight excluding hydrogens is 406 g/mol. The number of hydrogen-bond donors (Lipinski definition) is 0. The molecular formula is C29H31N3O. The van der Waals surface area contributed by atoms with Gasteiger partial charge in [0.1, 0.15) is 5.82 Å². The van der Waals surface area contributed by atoms with E-state index in [2.05, 4.69) is 75.6 Å². The van der Waals surface area contributed by atoms with Gasteiger partial charge < -0.3 is 9.47 Å². The first-order valence-corrected chi connectivity index (χ1v) is 11.7. The van der Waals surface area contributed by atoms with Crippen LogP contribution in [0.25, 0.3) is 11.0 Å². The second-order valence-corrected chi connectivity index (χ2v) is 9.52. The first-order valence-electron chi connectivity index (χ1n) is 11.7. The molecule has 4 aromatic rings. The van der Waals surface area contributed by atoms with Gasteiger partial charge in [0, 0.05) is 31.1 Å². The van der Waals surface area contributed by atoms with E-state index in [1.165, 1.54) is 33.4 Å². The number of aromatic nitrogens is 2. The van der Waals surface area contributed by atoms with Gasteiger partial charge in [-0.2, -0.15) is 0 Å². The lowest BCUT2D eigenvalue weighted by molar-refractivity contribution is -0.117. The Morgan fingerprint density at radius 1 is 0.909 bits per heavy atom. The third-order valence-corrected chi connectivity index (χ3v) is 7.36. The van der Waals surface area contributed by atoms with E-state index < -0.39 is 0 Å². The molecule has 0 aliphatic carbocycles. The SMILES string of the molecule is Cc1ccc(N2C[C@@H](c3nc4ccccc4n3Cc3c(C)c(C)cc(C)c3C)CC2=O)cc1. The number of para-hydroxylation sites is 2. The van der Waals surface area contributed by atoms with Crippen molar-refractivity contribution >= 4 is 22.6 Å². The fourth-order valence-electron chi connectivity index (χ4n) is 5.12. The number of carbonyl (C=O) groups excluding carboxylic acids is 1. The molecule has 0 bridgehead atoms. The van der Waals surface area contributed by atoms with Crippen LogP contribution in [0.5, 0.6) is 0 Å². The molecule has 1 atom stereocenters. The van der Waals surface area contributed by atoms with Crippen LogP contribution in [0.4, 0.5) is 5.69 Å². The van der Waals surface area contributed by atoms with Crippen molar-refractivity contribution in [3.8, 4) is 0 Å². The maximum Gasteiger partial charge on any atom is 0.227 e. The Balaban J connectivity index is 1.57. The maximum absolute atomic E-state index is 13.0. The molecule has 1 aliphatic heterocycles. The average molecular weight is 438 g/mol. The Bertz CT molecular complexity index is 1340. The maximum atomic E-state index is 13.0. The molecule has 5 rings (SSSR count). The minimum absolute atomic E-state index is 0.0673. The molecule has 4 nitrogen and oxygen atoms in total. The summed E-state index contributed by atoms with van der Waals surface area (Å²) >= 11 is 0. The smallest absolute Gasteiger partial charge is 0.227 e. The predicted molar refractivity (Wildman–Crippen MR) is 135 cm³/mol. The van der Waals surface area contributed by atoms with E-state index in [0.717, 1.165) is 29.1 Å². The summed E-state index contributed by atoms with van der Waals surface area (Å²) in [5.74, 6) is 1.25. The predicted octanol–water partition coefficient (Wildman–Crippen LogP) is 6.15. The van der Waals surface area contributed by atoms with Crippen LogP contribution in [0.2, 0.25) is 0 Å². The van der Waals surface area contributed by atoms with Gasteiger partial charge in [-0.15, -0.1) is 0 Å². The number of imidazole rings is 1. The molecule has 1 aromatic heterocycles. The molecule has 0 saturated carbocycles. The van der Waals surface area contributed by atoms with Gasteiger partial charge in [-0.25, -0.2) is 4.98 Å². The number of amides is 1. The lowest BCUT2D eigenvalue weighted by Gasteiger charge is -2.20. The Kier molecular flexibility index (Phi) is 5.32. The molecule has 3 aromatic carbocycles. The Morgan fingerprint density at radius 2 is 1.58 bits per heavy atom. The van der Waals surface area contributed by atoms with Crippen molar-refractivity contribution in [1.29, 1.82) is 0 Å². The normalized spacial score (nSPS) is 16.2. The summed E-state index contributed by atoms with van der Waals surface area (Å²) in [7, 11) is 0. The van der Waals surface area contributed by atoms with Crippen LogP contribution in [0, 0.1) is 34.6 Å². The first-order chi connectivity index (χ1) is 15.8. The molecule has 1 saturated heterocycles. The van der Waals surface area contributed by atoms with Crippen molar-refractivity contribution in [1.82, 2.24) is 9.55 Å². The summed E-state index contributed by atoms with van der Waals surface area (Å²) in [5, 5.41) is 0. The minimum Gasteiger partial charge on any atom is -0.323 e. The lowest BCUT2D eigenvalue weighted by Crippen LogP contribution is -2.24. The molecule has 168 valence electrons. The standard InChI is InChI=1S/C29H31N3O/c1-18-10-12-24(13-11-18)31-16-23(15-28(31)33)29-30-26-8-6-7-9-27(26)32(29)17-25-21(4)19(2)14-20(3)22(25)5/h6-14,23H,15-17H2,1-5H3/t23-/m0/s1. The molecule has 33 heavy (non-hydrogen) atoms. The number of aryl methyl sites for hydroxylation is 3. The molecule has 1 amide bonds. The zero-order chi connectivity index (χ0) is 23.3. The van der Waals surface area contributed by atoms with Gasteiger partial charge in [0.2, 0.25) is 5.91 Å². The fraction of sp³-hybridized carbons (Fsp3) is 0.310. The zero-order valence-corrected chi connectivity index (χ0v) is 20.1. The number of benzene rings is 3. The van der Waals surface area contributed by atoms with E-state index >= 15 is 0 Å². The second kappa shape index (κ2) is 8.18. The molecule has 0 radical (unpaired) electrons. The van der Waals surface area contributed by atoms with Crippen LogP contribution in [-0.4, -0.2) is 22.0 Å². The highest BCUT2D eigenvalue weighted by molar-refractivity contribution is 5.96. The van der Waals surface area contributed by atoms with Gasteiger partial charge in [-0.1, -0.05) is 35.9 Å². The van der Waals surface area contributed by atoms with Crippen molar-refractivity contribution < 1.29 is 4.79 Å². The van der Waals surface area contributed by atoms with Gasteiger partial charge in [-0.3, -0.25) is 4.79 Å². The van der Waals surface area contributed by atoms with Crippen molar-refractivity contribution in [3.63, 3.8) is 0 Å². The number of carbonyl (C=O) groups is 1. The summed E-state index contributed by atoms with van der Waals surface area (Å²) in [6, 6.07) is 18.8. The molecule has 0 unspecified atom stereocenters. The van der Waals surface area contributed by atoms with E-state index in [0.29, 0.717) is 13.0 Å². The minimum atomic E-state index is 0.0673. The molecule has 1 aliphatic rings. The highest BCUT2D eigenvalue weighted by Crippen LogP contribution is 2.34. The average Bonchev–Trinajstić information content (AvgIpc) is 3.36. The summed E-state index contributed by atoms with van der Waals surface area (Å²) in [5.41, 5.74) is 11.0. The van der Waals surface area contributed by atoms with E-state index in [1.54, 1.807) is 0 Å². The van der Waals surface area contributed by atoms with Crippen molar-refractivity contribution in [3.05, 3.63) is 93.8 Å². The van der Waals surface area contributed by atoms with E-state index in [1.807, 2.05) is 23.1 Å². The van der Waals surface area contributed by atoms with Crippen LogP contribution >= 0.6 is 0 Å². The monoisotopic (exact) mass is 437 g/mol. The van der Waals surface area contributed by atoms with Crippen LogP contribution < -0.4 is 4.90 Å². The number of nitrogens with zero attached hydrogens (tertiary/aromatic N) is 3.